The molecule has 0 aromatic heterocycles. The van der Waals surface area contributed by atoms with E-state index in [-0.39, 0.29) is 17.4 Å². The van der Waals surface area contributed by atoms with E-state index in [4.69, 9.17) is 5.73 Å². The predicted molar refractivity (Wildman–Crippen MR) is 89.7 cm³/mol. The maximum absolute atomic E-state index is 13.1. The van der Waals surface area contributed by atoms with Gasteiger partial charge < -0.3 is 11.1 Å². The fourth-order valence-corrected chi connectivity index (χ4v) is 3.95. The number of nitrogens with one attached hydrogen (secondary N) is 1. The largest absolute Gasteiger partial charge is 0.354 e. The highest BCUT2D eigenvalue weighted by molar-refractivity contribution is 5.88. The lowest BCUT2D eigenvalue weighted by molar-refractivity contribution is -0.128. The normalized spacial score (nSPS) is 22.1. The number of rotatable bonds is 5. The van der Waals surface area contributed by atoms with Crippen LogP contribution in [0.3, 0.4) is 0 Å². The molecule has 3 N–H and O–H groups in total. The second-order valence-corrected chi connectivity index (χ2v) is 7.17. The molecule has 0 saturated heterocycles. The summed E-state index contributed by atoms with van der Waals surface area (Å²) in [5.74, 6) is 0.818. The number of nitrogens with two attached hydrogens (primary N) is 1. The van der Waals surface area contributed by atoms with Crippen molar-refractivity contribution >= 4 is 5.91 Å². The molecular weight excluding hydrogens is 272 g/mol. The minimum Gasteiger partial charge on any atom is -0.354 e. The minimum atomic E-state index is -0.340. The Morgan fingerprint density at radius 2 is 1.95 bits per heavy atom. The molecule has 0 spiro atoms. The molecule has 1 unspecified atom stereocenters. The molecule has 0 bridgehead atoms. The summed E-state index contributed by atoms with van der Waals surface area (Å²) in [5, 5.41) is 3.18. The molecule has 120 valence electrons. The molecule has 3 rings (SSSR count). The second-order valence-electron chi connectivity index (χ2n) is 7.17. The van der Waals surface area contributed by atoms with Crippen LogP contribution in [0.4, 0.5) is 0 Å². The average Bonchev–Trinajstić information content (AvgIpc) is 3.38. The molecule has 0 aliphatic heterocycles. The quantitative estimate of drug-likeness (QED) is 0.878. The Morgan fingerprint density at radius 3 is 2.59 bits per heavy atom. The lowest BCUT2D eigenvalue weighted by atomic mass is 9.67. The summed E-state index contributed by atoms with van der Waals surface area (Å²) in [6, 6.07) is 8.50. The third-order valence-corrected chi connectivity index (χ3v) is 5.53. The van der Waals surface area contributed by atoms with Crippen molar-refractivity contribution in [3.8, 4) is 0 Å². The van der Waals surface area contributed by atoms with E-state index in [2.05, 4.69) is 36.5 Å². The molecule has 0 radical (unpaired) electrons. The summed E-state index contributed by atoms with van der Waals surface area (Å²) in [4.78, 5) is 13.1. The van der Waals surface area contributed by atoms with E-state index in [0.29, 0.717) is 12.5 Å². The lowest BCUT2D eigenvalue weighted by Crippen LogP contribution is -2.49. The number of aryl methyl sites for hydroxylation is 1. The molecule has 0 heterocycles. The van der Waals surface area contributed by atoms with Crippen LogP contribution in [0.2, 0.25) is 0 Å². The summed E-state index contributed by atoms with van der Waals surface area (Å²) in [7, 11) is 0. The van der Waals surface area contributed by atoms with Crippen LogP contribution in [0.5, 0.6) is 0 Å². The van der Waals surface area contributed by atoms with Gasteiger partial charge >= 0.3 is 0 Å². The zero-order chi connectivity index (χ0) is 15.6. The van der Waals surface area contributed by atoms with Gasteiger partial charge in [-0.25, -0.2) is 0 Å². The first-order chi connectivity index (χ1) is 10.6. The molecule has 3 nitrogen and oxygen atoms in total. The molecule has 2 aliphatic carbocycles. The van der Waals surface area contributed by atoms with Crippen LogP contribution in [0.25, 0.3) is 0 Å². The lowest BCUT2D eigenvalue weighted by Gasteiger charge is -2.37. The van der Waals surface area contributed by atoms with Crippen molar-refractivity contribution in [2.75, 3.05) is 6.54 Å². The van der Waals surface area contributed by atoms with Crippen molar-refractivity contribution in [1.82, 2.24) is 5.32 Å². The molecule has 22 heavy (non-hydrogen) atoms. The van der Waals surface area contributed by atoms with Gasteiger partial charge in [0.05, 0.1) is 5.41 Å². The fourth-order valence-electron chi connectivity index (χ4n) is 3.95. The van der Waals surface area contributed by atoms with E-state index >= 15 is 0 Å². The monoisotopic (exact) mass is 300 g/mol. The van der Waals surface area contributed by atoms with Crippen molar-refractivity contribution < 1.29 is 4.79 Å². The van der Waals surface area contributed by atoms with Gasteiger partial charge in [-0.05, 0) is 49.7 Å². The van der Waals surface area contributed by atoms with Crippen molar-refractivity contribution in [3.05, 3.63) is 35.4 Å². The molecule has 3 heteroatoms. The van der Waals surface area contributed by atoms with Gasteiger partial charge in [-0.1, -0.05) is 43.5 Å². The van der Waals surface area contributed by atoms with Gasteiger partial charge in [0.2, 0.25) is 5.91 Å². The molecule has 1 aromatic carbocycles. The van der Waals surface area contributed by atoms with E-state index in [1.165, 1.54) is 30.4 Å². The van der Waals surface area contributed by atoms with Crippen molar-refractivity contribution in [2.24, 2.45) is 11.7 Å². The van der Waals surface area contributed by atoms with E-state index in [0.717, 1.165) is 25.7 Å². The summed E-state index contributed by atoms with van der Waals surface area (Å²) >= 11 is 0. The van der Waals surface area contributed by atoms with Crippen LogP contribution in [0.1, 0.15) is 56.1 Å². The molecule has 2 saturated carbocycles. The number of carbonyl (C=O) groups excluding carboxylic acids is 1. The standard InChI is InChI=1S/C19H28N2O/c1-14-7-3-4-8-16(14)19(11-5-2-6-12-19)18(22)21-13-17(20)15-9-10-15/h3-4,7-8,15,17H,2,5-6,9-13,20H2,1H3,(H,21,22). The zero-order valence-corrected chi connectivity index (χ0v) is 13.6. The van der Waals surface area contributed by atoms with Gasteiger partial charge in [0, 0.05) is 12.6 Å². The van der Waals surface area contributed by atoms with E-state index < -0.39 is 0 Å². The first-order valence-corrected chi connectivity index (χ1v) is 8.73. The number of amides is 1. The van der Waals surface area contributed by atoms with Gasteiger partial charge in [0.1, 0.15) is 0 Å². The molecule has 1 atom stereocenters. The van der Waals surface area contributed by atoms with Crippen LogP contribution < -0.4 is 11.1 Å². The van der Waals surface area contributed by atoms with Gasteiger partial charge in [-0.3, -0.25) is 4.79 Å². The van der Waals surface area contributed by atoms with Crippen LogP contribution >= 0.6 is 0 Å². The smallest absolute Gasteiger partial charge is 0.230 e. The topological polar surface area (TPSA) is 55.1 Å². The number of carbonyl (C=O) groups is 1. The summed E-state index contributed by atoms with van der Waals surface area (Å²) in [6.07, 6.45) is 7.88. The third-order valence-electron chi connectivity index (χ3n) is 5.53. The minimum absolute atomic E-state index is 0.126. The fraction of sp³-hybridized carbons (Fsp3) is 0.632. The van der Waals surface area contributed by atoms with Crippen LogP contribution in [-0.2, 0) is 10.2 Å². The SMILES string of the molecule is Cc1ccccc1C1(C(=O)NCC(N)C2CC2)CCCCC1. The van der Waals surface area contributed by atoms with E-state index in [1.54, 1.807) is 0 Å². The number of benzene rings is 1. The van der Waals surface area contributed by atoms with Crippen molar-refractivity contribution in [2.45, 2.75) is 63.3 Å². The highest BCUT2D eigenvalue weighted by Crippen LogP contribution is 2.41. The molecular formula is C19H28N2O. The zero-order valence-electron chi connectivity index (χ0n) is 13.6. The average molecular weight is 300 g/mol. The Balaban J connectivity index is 1.79. The Labute approximate surface area is 133 Å². The van der Waals surface area contributed by atoms with E-state index in [1.807, 2.05) is 0 Å². The van der Waals surface area contributed by atoms with E-state index in [9.17, 15) is 4.79 Å². The van der Waals surface area contributed by atoms with Crippen LogP contribution in [0.15, 0.2) is 24.3 Å². The molecule has 1 aromatic rings. The Bertz CT molecular complexity index is 530. The second kappa shape index (κ2) is 6.41. The van der Waals surface area contributed by atoms with Gasteiger partial charge in [-0.2, -0.15) is 0 Å². The van der Waals surface area contributed by atoms with Crippen LogP contribution in [0, 0.1) is 12.8 Å². The first-order valence-electron chi connectivity index (χ1n) is 8.73. The maximum atomic E-state index is 13.1. The molecule has 2 aliphatic rings. The highest BCUT2D eigenvalue weighted by atomic mass is 16.2. The Kier molecular flexibility index (Phi) is 4.53. The summed E-state index contributed by atoms with van der Waals surface area (Å²) in [6.45, 7) is 2.74. The molecule has 1 amide bonds. The van der Waals surface area contributed by atoms with Crippen molar-refractivity contribution in [1.29, 1.82) is 0 Å². The maximum Gasteiger partial charge on any atom is 0.230 e. The van der Waals surface area contributed by atoms with Crippen molar-refractivity contribution in [3.63, 3.8) is 0 Å². The van der Waals surface area contributed by atoms with Gasteiger partial charge in [-0.15, -0.1) is 0 Å². The van der Waals surface area contributed by atoms with Crippen LogP contribution in [-0.4, -0.2) is 18.5 Å². The predicted octanol–water partition coefficient (Wildman–Crippen LogP) is 3.05. The van der Waals surface area contributed by atoms with Gasteiger partial charge in [0.25, 0.3) is 0 Å². The number of hydrogen-bond donors (Lipinski definition) is 2. The summed E-state index contributed by atoms with van der Waals surface area (Å²) < 4.78 is 0. The highest BCUT2D eigenvalue weighted by Gasteiger charge is 2.42. The Morgan fingerprint density at radius 1 is 1.27 bits per heavy atom. The third kappa shape index (κ3) is 3.05. The number of hydrogen-bond acceptors (Lipinski definition) is 2. The van der Waals surface area contributed by atoms with Gasteiger partial charge in [0.15, 0.2) is 0 Å². The summed E-state index contributed by atoms with van der Waals surface area (Å²) in [5.41, 5.74) is 8.26. The first kappa shape index (κ1) is 15.5. The molecule has 2 fully saturated rings. The Hall–Kier alpha value is -1.35.